The van der Waals surface area contributed by atoms with E-state index in [1.165, 1.54) is 5.56 Å². The van der Waals surface area contributed by atoms with E-state index < -0.39 is 0 Å². The van der Waals surface area contributed by atoms with Crippen LogP contribution in [-0.2, 0) is 6.54 Å². The minimum atomic E-state index is 0.709. The second-order valence-corrected chi connectivity index (χ2v) is 6.25. The summed E-state index contributed by atoms with van der Waals surface area (Å²) in [5, 5.41) is 4.16. The molecule has 0 aliphatic carbocycles. The number of ether oxygens (including phenoxy) is 1. The van der Waals surface area contributed by atoms with Crippen LogP contribution in [0.3, 0.4) is 0 Å². The number of aromatic nitrogens is 1. The normalized spacial score (nSPS) is 11.0. The van der Waals surface area contributed by atoms with Crippen molar-refractivity contribution in [1.82, 2.24) is 10.1 Å². The monoisotopic (exact) mass is 336 g/mol. The number of nitrogens with zero attached hydrogens (tertiary/aromatic N) is 2. The van der Waals surface area contributed by atoms with E-state index in [0.717, 1.165) is 42.3 Å². The summed E-state index contributed by atoms with van der Waals surface area (Å²) >= 11 is 0. The first-order chi connectivity index (χ1) is 12.2. The molecule has 2 aromatic carbocycles. The van der Waals surface area contributed by atoms with Crippen molar-refractivity contribution in [2.45, 2.75) is 19.9 Å². The number of hydrogen-bond donors (Lipinski definition) is 0. The standard InChI is InChI=1S/C21H24N2O2/c1-17-9-6-7-12-21(17)24-14-8-13-23(2)16-19-15-20(22-25-19)18-10-4-3-5-11-18/h3-7,9-12,15H,8,13-14,16H2,1-2H3. The Kier molecular flexibility index (Phi) is 5.86. The molecule has 0 saturated carbocycles. The summed E-state index contributed by atoms with van der Waals surface area (Å²) in [6.07, 6.45) is 0.963. The zero-order valence-corrected chi connectivity index (χ0v) is 14.8. The molecule has 0 N–H and O–H groups in total. The number of para-hydroxylation sites is 1. The molecule has 0 aliphatic heterocycles. The van der Waals surface area contributed by atoms with E-state index in [-0.39, 0.29) is 0 Å². The molecule has 0 amide bonds. The van der Waals surface area contributed by atoms with Gasteiger partial charge in [0, 0.05) is 18.2 Å². The maximum absolute atomic E-state index is 5.84. The Labute approximate surface area is 149 Å². The average molecular weight is 336 g/mol. The minimum Gasteiger partial charge on any atom is -0.493 e. The van der Waals surface area contributed by atoms with E-state index in [0.29, 0.717) is 6.61 Å². The summed E-state index contributed by atoms with van der Waals surface area (Å²) in [5.74, 6) is 1.84. The van der Waals surface area contributed by atoms with Crippen LogP contribution >= 0.6 is 0 Å². The molecule has 0 saturated heterocycles. The Hall–Kier alpha value is -2.59. The van der Waals surface area contributed by atoms with Crippen LogP contribution in [0.1, 0.15) is 17.7 Å². The fraction of sp³-hybridized carbons (Fsp3) is 0.286. The van der Waals surface area contributed by atoms with Gasteiger partial charge in [0.2, 0.25) is 0 Å². The van der Waals surface area contributed by atoms with E-state index in [1.54, 1.807) is 0 Å². The largest absolute Gasteiger partial charge is 0.493 e. The van der Waals surface area contributed by atoms with Crippen LogP contribution in [0.25, 0.3) is 11.3 Å². The Morgan fingerprint density at radius 3 is 2.60 bits per heavy atom. The van der Waals surface area contributed by atoms with Gasteiger partial charge in [-0.3, -0.25) is 4.90 Å². The maximum atomic E-state index is 5.84. The predicted molar refractivity (Wildman–Crippen MR) is 99.6 cm³/mol. The molecule has 130 valence electrons. The lowest BCUT2D eigenvalue weighted by molar-refractivity contribution is 0.238. The van der Waals surface area contributed by atoms with E-state index >= 15 is 0 Å². The smallest absolute Gasteiger partial charge is 0.151 e. The third-order valence-electron chi connectivity index (χ3n) is 4.09. The summed E-state index contributed by atoms with van der Waals surface area (Å²) in [4.78, 5) is 2.22. The van der Waals surface area contributed by atoms with Crippen LogP contribution in [0, 0.1) is 6.92 Å². The van der Waals surface area contributed by atoms with Crippen molar-refractivity contribution >= 4 is 0 Å². The SMILES string of the molecule is Cc1ccccc1OCCCN(C)Cc1cc(-c2ccccc2)no1. The predicted octanol–water partition coefficient (Wildman–Crippen LogP) is 4.55. The van der Waals surface area contributed by atoms with Crippen molar-refractivity contribution in [3.63, 3.8) is 0 Å². The quantitative estimate of drug-likeness (QED) is 0.566. The van der Waals surface area contributed by atoms with Crippen LogP contribution in [0.4, 0.5) is 0 Å². The Morgan fingerprint density at radius 2 is 1.80 bits per heavy atom. The first-order valence-corrected chi connectivity index (χ1v) is 8.60. The van der Waals surface area contributed by atoms with Gasteiger partial charge in [-0.25, -0.2) is 0 Å². The summed E-state index contributed by atoms with van der Waals surface area (Å²) < 4.78 is 11.3. The van der Waals surface area contributed by atoms with Crippen LogP contribution in [0.15, 0.2) is 65.2 Å². The van der Waals surface area contributed by atoms with Crippen LogP contribution < -0.4 is 4.74 Å². The van der Waals surface area contributed by atoms with Crippen molar-refractivity contribution in [2.75, 3.05) is 20.2 Å². The molecule has 0 bridgehead atoms. The average Bonchev–Trinajstić information content (AvgIpc) is 3.09. The highest BCUT2D eigenvalue weighted by Crippen LogP contribution is 2.19. The van der Waals surface area contributed by atoms with E-state index in [2.05, 4.69) is 30.1 Å². The maximum Gasteiger partial charge on any atom is 0.151 e. The molecule has 3 rings (SSSR count). The van der Waals surface area contributed by atoms with Gasteiger partial charge in [0.15, 0.2) is 5.76 Å². The number of benzene rings is 2. The highest BCUT2D eigenvalue weighted by Gasteiger charge is 2.09. The molecule has 1 heterocycles. The molecule has 0 spiro atoms. The molecule has 1 aromatic heterocycles. The fourth-order valence-corrected chi connectivity index (χ4v) is 2.71. The third kappa shape index (κ3) is 4.94. The van der Waals surface area contributed by atoms with Gasteiger partial charge in [-0.05, 0) is 32.0 Å². The zero-order valence-electron chi connectivity index (χ0n) is 14.8. The molecule has 0 unspecified atom stereocenters. The molecule has 0 radical (unpaired) electrons. The van der Waals surface area contributed by atoms with Crippen LogP contribution in [-0.4, -0.2) is 30.3 Å². The fourth-order valence-electron chi connectivity index (χ4n) is 2.71. The Bertz CT molecular complexity index is 783. The van der Waals surface area contributed by atoms with Gasteiger partial charge < -0.3 is 9.26 Å². The van der Waals surface area contributed by atoms with Crippen LogP contribution in [0.5, 0.6) is 5.75 Å². The Morgan fingerprint density at radius 1 is 1.04 bits per heavy atom. The van der Waals surface area contributed by atoms with Gasteiger partial charge >= 0.3 is 0 Å². The highest BCUT2D eigenvalue weighted by molar-refractivity contribution is 5.58. The van der Waals surface area contributed by atoms with Gasteiger partial charge in [-0.15, -0.1) is 0 Å². The second kappa shape index (κ2) is 8.49. The molecule has 4 nitrogen and oxygen atoms in total. The number of rotatable bonds is 8. The molecule has 4 heteroatoms. The van der Waals surface area contributed by atoms with Crippen molar-refractivity contribution in [3.8, 4) is 17.0 Å². The lowest BCUT2D eigenvalue weighted by Gasteiger charge is -2.15. The first-order valence-electron chi connectivity index (χ1n) is 8.60. The van der Waals surface area contributed by atoms with Crippen molar-refractivity contribution < 1.29 is 9.26 Å². The van der Waals surface area contributed by atoms with Gasteiger partial charge in [-0.1, -0.05) is 53.7 Å². The molecule has 0 fully saturated rings. The third-order valence-corrected chi connectivity index (χ3v) is 4.09. The lowest BCUT2D eigenvalue weighted by Crippen LogP contribution is -2.20. The first kappa shape index (κ1) is 17.2. The van der Waals surface area contributed by atoms with E-state index in [4.69, 9.17) is 9.26 Å². The summed E-state index contributed by atoms with van der Waals surface area (Å²) in [7, 11) is 2.08. The summed E-state index contributed by atoms with van der Waals surface area (Å²) in [6.45, 7) is 4.45. The molecule has 25 heavy (non-hydrogen) atoms. The molecular formula is C21H24N2O2. The number of aryl methyl sites for hydroxylation is 1. The molecule has 0 atom stereocenters. The molecular weight excluding hydrogens is 312 g/mol. The minimum absolute atomic E-state index is 0.709. The Balaban J connectivity index is 1.43. The van der Waals surface area contributed by atoms with Gasteiger partial charge in [0.25, 0.3) is 0 Å². The van der Waals surface area contributed by atoms with Crippen molar-refractivity contribution in [1.29, 1.82) is 0 Å². The van der Waals surface area contributed by atoms with E-state index in [9.17, 15) is 0 Å². The molecule has 0 aliphatic rings. The summed E-state index contributed by atoms with van der Waals surface area (Å²) in [6, 6.07) is 20.2. The van der Waals surface area contributed by atoms with E-state index in [1.807, 2.05) is 54.6 Å². The highest BCUT2D eigenvalue weighted by atomic mass is 16.5. The lowest BCUT2D eigenvalue weighted by atomic mass is 10.1. The van der Waals surface area contributed by atoms with Crippen LogP contribution in [0.2, 0.25) is 0 Å². The topological polar surface area (TPSA) is 38.5 Å². The van der Waals surface area contributed by atoms with Gasteiger partial charge in [0.05, 0.1) is 13.2 Å². The van der Waals surface area contributed by atoms with Crippen molar-refractivity contribution in [3.05, 3.63) is 72.0 Å². The summed E-state index contributed by atoms with van der Waals surface area (Å²) in [5.41, 5.74) is 3.13. The zero-order chi connectivity index (χ0) is 17.5. The van der Waals surface area contributed by atoms with Crippen molar-refractivity contribution in [2.24, 2.45) is 0 Å². The van der Waals surface area contributed by atoms with Gasteiger partial charge in [0.1, 0.15) is 11.4 Å². The molecule has 3 aromatic rings. The number of hydrogen-bond acceptors (Lipinski definition) is 4. The van der Waals surface area contributed by atoms with Gasteiger partial charge in [-0.2, -0.15) is 0 Å². The second-order valence-electron chi connectivity index (χ2n) is 6.25.